The van der Waals surface area contributed by atoms with Gasteiger partial charge in [0, 0.05) is 27.9 Å². The van der Waals surface area contributed by atoms with Crippen molar-refractivity contribution >= 4 is 46.5 Å². The van der Waals surface area contributed by atoms with Crippen molar-refractivity contribution in [3.05, 3.63) is 24.4 Å². The number of hydrogen-bond donors (Lipinski definition) is 2. The Bertz CT molecular complexity index is 1000. The van der Waals surface area contributed by atoms with Crippen LogP contribution < -0.4 is 11.1 Å². The van der Waals surface area contributed by atoms with Crippen LogP contribution in [0.15, 0.2) is 29.3 Å². The van der Waals surface area contributed by atoms with Crippen molar-refractivity contribution in [3.8, 4) is 0 Å². The van der Waals surface area contributed by atoms with Gasteiger partial charge in [-0.2, -0.15) is 0 Å². The fraction of sp³-hybridized carbons (Fsp3) is 0.500. The van der Waals surface area contributed by atoms with Crippen LogP contribution in [-0.4, -0.2) is 52.8 Å². The van der Waals surface area contributed by atoms with Crippen molar-refractivity contribution in [1.82, 2.24) is 9.88 Å². The van der Waals surface area contributed by atoms with Gasteiger partial charge in [-0.25, -0.2) is 14.4 Å². The normalized spacial score (nSPS) is 12.8. The summed E-state index contributed by atoms with van der Waals surface area (Å²) in [6.07, 6.45) is 0.386. The molecule has 2 rings (SSSR count). The monoisotopic (exact) mass is 465 g/mol. The van der Waals surface area contributed by atoms with Crippen molar-refractivity contribution in [2.75, 3.05) is 18.6 Å². The molecule has 0 radical (unpaired) electrons. The Labute approximate surface area is 191 Å². The van der Waals surface area contributed by atoms with E-state index in [2.05, 4.69) is 5.32 Å². The van der Waals surface area contributed by atoms with Gasteiger partial charge in [0.2, 0.25) is 0 Å². The third-order valence-corrected chi connectivity index (χ3v) is 5.16. The van der Waals surface area contributed by atoms with E-state index < -0.39 is 35.4 Å². The topological polar surface area (TPSA) is 122 Å². The largest absolute Gasteiger partial charge is 0.467 e. The predicted molar refractivity (Wildman–Crippen MR) is 124 cm³/mol. The second-order valence-corrected chi connectivity index (χ2v) is 10.2. The molecule has 176 valence electrons. The maximum atomic E-state index is 12.5. The maximum absolute atomic E-state index is 12.5. The number of thioether (sulfide) groups is 1. The second-order valence-electron chi connectivity index (χ2n) is 9.15. The van der Waals surface area contributed by atoms with Crippen LogP contribution >= 0.6 is 11.8 Å². The summed E-state index contributed by atoms with van der Waals surface area (Å²) in [4.78, 5) is 37.5. The number of amides is 1. The van der Waals surface area contributed by atoms with Crippen LogP contribution in [0.4, 0.5) is 15.3 Å². The molecule has 0 saturated carbocycles. The number of carbonyl (C=O) groups excluding carboxylic acids is 3. The first-order valence-electron chi connectivity index (χ1n) is 10.0. The average Bonchev–Trinajstić information content (AvgIpc) is 3.04. The van der Waals surface area contributed by atoms with Gasteiger partial charge < -0.3 is 25.3 Å². The van der Waals surface area contributed by atoms with Crippen molar-refractivity contribution in [2.45, 2.75) is 63.7 Å². The van der Waals surface area contributed by atoms with Crippen molar-refractivity contribution < 1.29 is 28.6 Å². The van der Waals surface area contributed by atoms with Gasteiger partial charge in [0.1, 0.15) is 17.2 Å². The first kappa shape index (κ1) is 25.4. The van der Waals surface area contributed by atoms with Crippen LogP contribution in [-0.2, 0) is 19.0 Å². The van der Waals surface area contributed by atoms with E-state index in [1.54, 1.807) is 65.9 Å². The second kappa shape index (κ2) is 9.72. The number of rotatable bonds is 5. The molecule has 0 aliphatic carbocycles. The molecule has 9 nitrogen and oxygen atoms in total. The molecule has 0 aliphatic heterocycles. The first-order chi connectivity index (χ1) is 14.7. The number of nitrogen functional groups attached to an aromatic ring is 1. The smallest absolute Gasteiger partial charge is 0.418 e. The maximum Gasteiger partial charge on any atom is 0.418 e. The van der Waals surface area contributed by atoms with E-state index in [1.165, 1.54) is 23.4 Å². The van der Waals surface area contributed by atoms with Gasteiger partial charge in [0.05, 0.1) is 12.6 Å². The lowest BCUT2D eigenvalue weighted by molar-refractivity contribution is -0.142. The molecule has 1 heterocycles. The number of carbonyl (C=O) groups is 3. The Balaban J connectivity index is 2.23. The number of ether oxygens (including phenoxy) is 3. The van der Waals surface area contributed by atoms with Crippen LogP contribution in [0.25, 0.3) is 10.9 Å². The van der Waals surface area contributed by atoms with Crippen molar-refractivity contribution in [2.24, 2.45) is 0 Å². The Hall–Kier alpha value is -2.88. The summed E-state index contributed by atoms with van der Waals surface area (Å²) in [5.74, 6) is -0.463. The van der Waals surface area contributed by atoms with E-state index in [1.807, 2.05) is 0 Å². The number of hydrogen-bond acceptors (Lipinski definition) is 8. The van der Waals surface area contributed by atoms with E-state index >= 15 is 0 Å². The summed E-state index contributed by atoms with van der Waals surface area (Å²) in [6.45, 7) is 10.6. The van der Waals surface area contributed by atoms with Crippen LogP contribution in [0.2, 0.25) is 0 Å². The Morgan fingerprint density at radius 2 is 1.72 bits per heavy atom. The third-order valence-electron chi connectivity index (χ3n) is 3.99. The van der Waals surface area contributed by atoms with Gasteiger partial charge in [0.25, 0.3) is 0 Å². The number of aromatic nitrogens is 1. The van der Waals surface area contributed by atoms with E-state index in [0.717, 1.165) is 5.39 Å². The Kier molecular flexibility index (Phi) is 7.71. The molecule has 0 saturated heterocycles. The summed E-state index contributed by atoms with van der Waals surface area (Å²) in [5, 5.41) is 3.30. The number of esters is 1. The lowest BCUT2D eigenvalue weighted by atomic mass is 10.2. The van der Waals surface area contributed by atoms with Gasteiger partial charge in [0.15, 0.2) is 0 Å². The van der Waals surface area contributed by atoms with Crippen molar-refractivity contribution in [1.29, 1.82) is 0 Å². The van der Waals surface area contributed by atoms with Gasteiger partial charge in [-0.1, -0.05) is 0 Å². The molecular formula is C22H31N3O6S. The zero-order valence-electron chi connectivity index (χ0n) is 19.5. The fourth-order valence-corrected chi connectivity index (χ4v) is 3.70. The van der Waals surface area contributed by atoms with Crippen LogP contribution in [0.1, 0.15) is 41.5 Å². The average molecular weight is 466 g/mol. The SMILES string of the molecule is COC(=O)[C@H](CSc1cc2c(ccn2C(=O)OC(C)(C)C)cc1N)NC(=O)OC(C)(C)C. The van der Waals surface area contributed by atoms with E-state index in [-0.39, 0.29) is 5.75 Å². The predicted octanol–water partition coefficient (Wildman–Crippen LogP) is 4.17. The molecule has 1 atom stereocenters. The molecule has 0 aliphatic rings. The first-order valence-corrected chi connectivity index (χ1v) is 11.0. The number of nitrogens with one attached hydrogen (secondary N) is 1. The summed E-state index contributed by atoms with van der Waals surface area (Å²) in [7, 11) is 1.24. The van der Waals surface area contributed by atoms with Gasteiger partial charge in [-0.05, 0) is 59.7 Å². The summed E-state index contributed by atoms with van der Waals surface area (Å²) < 4.78 is 16.9. The highest BCUT2D eigenvalue weighted by molar-refractivity contribution is 7.99. The number of alkyl carbamates (subject to hydrolysis) is 1. The molecule has 2 aromatic rings. The molecule has 1 aromatic carbocycles. The van der Waals surface area contributed by atoms with Gasteiger partial charge in [-0.3, -0.25) is 4.57 Å². The van der Waals surface area contributed by atoms with Gasteiger partial charge >= 0.3 is 18.2 Å². The number of nitrogens with two attached hydrogens (primary N) is 1. The molecule has 1 amide bonds. The van der Waals surface area contributed by atoms with Crippen LogP contribution in [0.3, 0.4) is 0 Å². The highest BCUT2D eigenvalue weighted by Gasteiger charge is 2.26. The molecule has 10 heteroatoms. The van der Waals surface area contributed by atoms with Gasteiger partial charge in [-0.15, -0.1) is 11.8 Å². The summed E-state index contributed by atoms with van der Waals surface area (Å²) in [6, 6.07) is 4.31. The van der Waals surface area contributed by atoms with Crippen molar-refractivity contribution in [3.63, 3.8) is 0 Å². The zero-order valence-corrected chi connectivity index (χ0v) is 20.3. The Morgan fingerprint density at radius 1 is 1.09 bits per heavy atom. The van der Waals surface area contributed by atoms with E-state index in [4.69, 9.17) is 19.9 Å². The molecular weight excluding hydrogens is 434 g/mol. The van der Waals surface area contributed by atoms with Crippen LogP contribution in [0, 0.1) is 0 Å². The summed E-state index contributed by atoms with van der Waals surface area (Å²) >= 11 is 1.25. The highest BCUT2D eigenvalue weighted by Crippen LogP contribution is 2.31. The molecule has 32 heavy (non-hydrogen) atoms. The molecule has 1 aromatic heterocycles. The Morgan fingerprint density at radius 3 is 2.28 bits per heavy atom. The lowest BCUT2D eigenvalue weighted by Crippen LogP contribution is -2.45. The fourth-order valence-electron chi connectivity index (χ4n) is 2.71. The van der Waals surface area contributed by atoms with E-state index in [9.17, 15) is 14.4 Å². The minimum absolute atomic E-state index is 0.148. The van der Waals surface area contributed by atoms with E-state index in [0.29, 0.717) is 16.1 Å². The number of methoxy groups -OCH3 is 1. The molecule has 0 unspecified atom stereocenters. The minimum atomic E-state index is -0.951. The zero-order chi connectivity index (χ0) is 24.3. The molecule has 3 N–H and O–H groups in total. The molecule has 0 spiro atoms. The highest BCUT2D eigenvalue weighted by atomic mass is 32.2. The standard InChI is InChI=1S/C22H31N3O6S/c1-21(2,3)30-19(27)24-15(18(26)29-7)12-32-17-11-16-13(10-14(17)23)8-9-25(16)20(28)31-22(4,5)6/h8-11,15H,12,23H2,1-7H3,(H,24,27)/t15-/m0/s1. The molecule has 0 bridgehead atoms. The number of benzene rings is 1. The number of anilines is 1. The quantitative estimate of drug-likeness (QED) is 0.292. The lowest BCUT2D eigenvalue weighted by Gasteiger charge is -2.22. The summed E-state index contributed by atoms with van der Waals surface area (Å²) in [5.41, 5.74) is 5.93. The minimum Gasteiger partial charge on any atom is -0.467 e. The van der Waals surface area contributed by atoms with Crippen LogP contribution in [0.5, 0.6) is 0 Å². The number of fused-ring (bicyclic) bond motifs is 1. The third kappa shape index (κ3) is 7.08. The molecule has 0 fully saturated rings. The number of nitrogens with zero attached hydrogens (tertiary/aromatic N) is 1.